The lowest BCUT2D eigenvalue weighted by Gasteiger charge is -2.12. The molecule has 0 aliphatic rings. The summed E-state index contributed by atoms with van der Waals surface area (Å²) in [6.07, 6.45) is 0. The molecule has 3 aromatic heterocycles. The first kappa shape index (κ1) is 27.0. The van der Waals surface area contributed by atoms with E-state index in [4.69, 9.17) is 19.4 Å². The Morgan fingerprint density at radius 1 is 0.383 bits per heavy atom. The predicted octanol–water partition coefficient (Wildman–Crippen LogP) is 11.3. The van der Waals surface area contributed by atoms with E-state index in [0.717, 1.165) is 72.2 Å². The fraction of sp³-hybridized carbons (Fsp3) is 0. The molecule has 0 unspecified atom stereocenters. The van der Waals surface area contributed by atoms with Crippen molar-refractivity contribution in [3.63, 3.8) is 0 Å². The highest BCUT2D eigenvalue weighted by Gasteiger charge is 2.18. The molecule has 9 aromatic rings. The summed E-state index contributed by atoms with van der Waals surface area (Å²) in [6, 6.07) is 56.1. The van der Waals surface area contributed by atoms with E-state index in [1.54, 1.807) is 0 Å². The van der Waals surface area contributed by atoms with Crippen molar-refractivity contribution in [2.45, 2.75) is 0 Å². The SMILES string of the molecule is c1ccc(-c2ccc(-c3cc(-c4cccc(-c5nc6ccccc6c6oc7ccccc7c56)c4)nc(-c4ccccc4)n3)cc2)cc1. The maximum Gasteiger partial charge on any atom is 0.160 e. The minimum atomic E-state index is 0.683. The van der Waals surface area contributed by atoms with E-state index in [1.165, 1.54) is 11.1 Å². The maximum absolute atomic E-state index is 6.45. The minimum Gasteiger partial charge on any atom is -0.455 e. The average molecular weight is 602 g/mol. The third kappa shape index (κ3) is 4.84. The molecule has 0 saturated heterocycles. The Balaban J connectivity index is 1.21. The number of hydrogen-bond donors (Lipinski definition) is 0. The third-order valence-corrected chi connectivity index (χ3v) is 8.69. The van der Waals surface area contributed by atoms with Crippen LogP contribution in [-0.4, -0.2) is 15.0 Å². The highest BCUT2D eigenvalue weighted by molar-refractivity contribution is 6.19. The molecule has 6 aromatic carbocycles. The Labute approximate surface area is 271 Å². The van der Waals surface area contributed by atoms with Crippen LogP contribution in [0.5, 0.6) is 0 Å². The fourth-order valence-electron chi connectivity index (χ4n) is 6.37. The Bertz CT molecular complexity index is 2550. The molecule has 0 atom stereocenters. The van der Waals surface area contributed by atoms with Crippen LogP contribution in [0, 0.1) is 0 Å². The first-order valence-corrected chi connectivity index (χ1v) is 15.7. The summed E-state index contributed by atoms with van der Waals surface area (Å²) in [5.74, 6) is 0.683. The van der Waals surface area contributed by atoms with Gasteiger partial charge >= 0.3 is 0 Å². The van der Waals surface area contributed by atoms with Gasteiger partial charge in [-0.25, -0.2) is 15.0 Å². The molecule has 0 aliphatic carbocycles. The fourth-order valence-corrected chi connectivity index (χ4v) is 6.37. The first-order chi connectivity index (χ1) is 23.3. The zero-order valence-corrected chi connectivity index (χ0v) is 25.3. The van der Waals surface area contributed by atoms with Gasteiger partial charge in [0.25, 0.3) is 0 Å². The molecule has 0 radical (unpaired) electrons. The summed E-state index contributed by atoms with van der Waals surface area (Å²) < 4.78 is 6.45. The predicted molar refractivity (Wildman–Crippen MR) is 192 cm³/mol. The smallest absolute Gasteiger partial charge is 0.160 e. The lowest BCUT2D eigenvalue weighted by Crippen LogP contribution is -1.96. The molecule has 0 N–H and O–H groups in total. The Hall–Kier alpha value is -6.39. The van der Waals surface area contributed by atoms with Crippen molar-refractivity contribution in [2.75, 3.05) is 0 Å². The number of rotatable bonds is 5. The van der Waals surface area contributed by atoms with Gasteiger partial charge in [0, 0.05) is 33.0 Å². The van der Waals surface area contributed by atoms with Gasteiger partial charge in [0.2, 0.25) is 0 Å². The van der Waals surface area contributed by atoms with Crippen molar-refractivity contribution in [1.29, 1.82) is 0 Å². The molecule has 3 heterocycles. The second kappa shape index (κ2) is 11.2. The third-order valence-electron chi connectivity index (χ3n) is 8.69. The summed E-state index contributed by atoms with van der Waals surface area (Å²) in [6.45, 7) is 0. The molecule has 0 fully saturated rings. The summed E-state index contributed by atoms with van der Waals surface area (Å²) in [5, 5.41) is 3.07. The van der Waals surface area contributed by atoms with E-state index in [0.29, 0.717) is 5.82 Å². The lowest BCUT2D eigenvalue weighted by atomic mass is 9.99. The number of aromatic nitrogens is 3. The van der Waals surface area contributed by atoms with E-state index in [1.807, 2.05) is 60.7 Å². The second-order valence-corrected chi connectivity index (χ2v) is 11.6. The first-order valence-electron chi connectivity index (χ1n) is 15.7. The Morgan fingerprint density at radius 3 is 1.74 bits per heavy atom. The molecule has 9 rings (SSSR count). The summed E-state index contributed by atoms with van der Waals surface area (Å²) in [5.41, 5.74) is 11.5. The van der Waals surface area contributed by atoms with Gasteiger partial charge in [-0.05, 0) is 41.5 Å². The van der Waals surface area contributed by atoms with Crippen molar-refractivity contribution in [3.05, 3.63) is 164 Å². The van der Waals surface area contributed by atoms with Gasteiger partial charge in [-0.1, -0.05) is 133 Å². The molecular weight excluding hydrogens is 574 g/mol. The molecule has 220 valence electrons. The van der Waals surface area contributed by atoms with Crippen molar-refractivity contribution in [1.82, 2.24) is 15.0 Å². The zero-order valence-electron chi connectivity index (χ0n) is 25.3. The van der Waals surface area contributed by atoms with Gasteiger partial charge in [0.05, 0.1) is 28.0 Å². The van der Waals surface area contributed by atoms with Crippen LogP contribution in [0.25, 0.3) is 89.1 Å². The number of pyridine rings is 1. The molecule has 0 spiro atoms. The second-order valence-electron chi connectivity index (χ2n) is 11.6. The molecule has 0 amide bonds. The van der Waals surface area contributed by atoms with Crippen LogP contribution in [0.3, 0.4) is 0 Å². The lowest BCUT2D eigenvalue weighted by molar-refractivity contribution is 0.672. The summed E-state index contributed by atoms with van der Waals surface area (Å²) in [7, 11) is 0. The van der Waals surface area contributed by atoms with Gasteiger partial charge in [-0.2, -0.15) is 0 Å². The number of para-hydroxylation sites is 2. The van der Waals surface area contributed by atoms with E-state index in [2.05, 4.69) is 103 Å². The van der Waals surface area contributed by atoms with Crippen LogP contribution in [0.15, 0.2) is 168 Å². The van der Waals surface area contributed by atoms with E-state index in [9.17, 15) is 0 Å². The maximum atomic E-state index is 6.45. The summed E-state index contributed by atoms with van der Waals surface area (Å²) >= 11 is 0. The largest absolute Gasteiger partial charge is 0.455 e. The van der Waals surface area contributed by atoms with Gasteiger partial charge in [0.1, 0.15) is 11.2 Å². The van der Waals surface area contributed by atoms with E-state index < -0.39 is 0 Å². The molecule has 0 aliphatic heterocycles. The molecule has 47 heavy (non-hydrogen) atoms. The monoisotopic (exact) mass is 601 g/mol. The molecule has 0 saturated carbocycles. The van der Waals surface area contributed by atoms with E-state index in [-0.39, 0.29) is 0 Å². The van der Waals surface area contributed by atoms with Crippen molar-refractivity contribution in [3.8, 4) is 56.3 Å². The molecule has 4 heteroatoms. The summed E-state index contributed by atoms with van der Waals surface area (Å²) in [4.78, 5) is 15.4. The molecule has 4 nitrogen and oxygen atoms in total. The van der Waals surface area contributed by atoms with Crippen LogP contribution in [0.2, 0.25) is 0 Å². The Morgan fingerprint density at radius 2 is 0.957 bits per heavy atom. The standard InChI is InChI=1S/C43H27N3O/c1-3-12-28(13-4-1)29-22-24-30(25-23-29)37-27-38(46-43(45-37)31-14-5-2-6-15-31)32-16-11-17-33(26-32)41-40-35-19-8-10-21-39(35)47-42(40)34-18-7-9-20-36(34)44-41/h1-27H. The molecular formula is C43H27N3O. The highest BCUT2D eigenvalue weighted by atomic mass is 16.3. The Kier molecular flexibility index (Phi) is 6.43. The van der Waals surface area contributed by atoms with Crippen LogP contribution in [0.4, 0.5) is 0 Å². The molecule has 0 bridgehead atoms. The van der Waals surface area contributed by atoms with E-state index >= 15 is 0 Å². The van der Waals surface area contributed by atoms with Gasteiger partial charge in [0.15, 0.2) is 5.82 Å². The number of benzene rings is 6. The normalized spacial score (nSPS) is 11.4. The zero-order chi connectivity index (χ0) is 31.2. The average Bonchev–Trinajstić information content (AvgIpc) is 3.55. The van der Waals surface area contributed by atoms with Crippen LogP contribution >= 0.6 is 0 Å². The van der Waals surface area contributed by atoms with Crippen LogP contribution in [0.1, 0.15) is 0 Å². The van der Waals surface area contributed by atoms with Crippen LogP contribution in [-0.2, 0) is 0 Å². The van der Waals surface area contributed by atoms with Gasteiger partial charge in [-0.15, -0.1) is 0 Å². The quantitative estimate of drug-likeness (QED) is 0.197. The number of furan rings is 1. The minimum absolute atomic E-state index is 0.683. The van der Waals surface area contributed by atoms with Crippen LogP contribution < -0.4 is 0 Å². The van der Waals surface area contributed by atoms with Gasteiger partial charge < -0.3 is 4.42 Å². The highest BCUT2D eigenvalue weighted by Crippen LogP contribution is 2.40. The number of hydrogen-bond acceptors (Lipinski definition) is 4. The van der Waals surface area contributed by atoms with Crippen molar-refractivity contribution in [2.24, 2.45) is 0 Å². The number of fused-ring (bicyclic) bond motifs is 5. The van der Waals surface area contributed by atoms with Gasteiger partial charge in [-0.3, -0.25) is 0 Å². The topological polar surface area (TPSA) is 51.8 Å². The van der Waals surface area contributed by atoms with Crippen molar-refractivity contribution < 1.29 is 4.42 Å². The number of nitrogens with zero attached hydrogens (tertiary/aromatic N) is 3. The van der Waals surface area contributed by atoms with Crippen molar-refractivity contribution >= 4 is 32.8 Å².